The van der Waals surface area contributed by atoms with E-state index in [1.54, 1.807) is 26.8 Å². The maximum atomic E-state index is 12.7. The van der Waals surface area contributed by atoms with Crippen molar-refractivity contribution in [2.24, 2.45) is 5.92 Å². The molecule has 2 aliphatic rings. The minimum Gasteiger partial charge on any atom is -0.478 e. The van der Waals surface area contributed by atoms with E-state index in [0.717, 1.165) is 31.2 Å². The van der Waals surface area contributed by atoms with Crippen LogP contribution >= 0.6 is 0 Å². The molecule has 0 aromatic heterocycles. The number of hydrogen-bond acceptors (Lipinski definition) is 3. The summed E-state index contributed by atoms with van der Waals surface area (Å²) in [6, 6.07) is 6.92. The van der Waals surface area contributed by atoms with Gasteiger partial charge in [-0.15, -0.1) is 0 Å². The minimum atomic E-state index is -3.34. The molecule has 0 saturated carbocycles. The Morgan fingerprint density at radius 3 is 2.58 bits per heavy atom. The zero-order valence-electron chi connectivity index (χ0n) is 13.7. The second-order valence-corrected chi connectivity index (χ2v) is 8.62. The van der Waals surface area contributed by atoms with Crippen molar-refractivity contribution in [1.82, 2.24) is 8.61 Å². The fourth-order valence-corrected chi connectivity index (χ4v) is 5.38. The number of benzene rings is 1. The van der Waals surface area contributed by atoms with E-state index in [4.69, 9.17) is 5.11 Å². The van der Waals surface area contributed by atoms with Crippen LogP contribution in [0.3, 0.4) is 0 Å². The first-order valence-electron chi connectivity index (χ1n) is 8.54. The first-order chi connectivity index (χ1) is 11.5. The van der Waals surface area contributed by atoms with E-state index >= 15 is 0 Å². The Labute approximate surface area is 143 Å². The normalized spacial score (nSPS) is 23.4. The van der Waals surface area contributed by atoms with Gasteiger partial charge in [0.05, 0.1) is 5.56 Å². The molecule has 0 aliphatic carbocycles. The predicted molar refractivity (Wildman–Crippen MR) is 91.1 cm³/mol. The molecule has 1 aromatic rings. The van der Waals surface area contributed by atoms with Gasteiger partial charge in [0.1, 0.15) is 0 Å². The largest absolute Gasteiger partial charge is 0.478 e. The standard InChI is InChI=1S/C17H24N2O4S/c20-17(21)16-6-4-5-14(12-16)11-15-7-10-19(13-15)24(22,23)18-8-2-1-3-9-18/h4-6,12,15H,1-3,7-11,13H2,(H,20,21)/t15-/m0/s1. The molecule has 132 valence electrons. The van der Waals surface area contributed by atoms with Gasteiger partial charge in [-0.05, 0) is 49.3 Å². The lowest BCUT2D eigenvalue weighted by Gasteiger charge is -2.30. The van der Waals surface area contributed by atoms with Crippen LogP contribution in [0, 0.1) is 5.92 Å². The summed E-state index contributed by atoms with van der Waals surface area (Å²) in [7, 11) is -3.34. The molecular formula is C17H24N2O4S. The summed E-state index contributed by atoms with van der Waals surface area (Å²) < 4.78 is 28.6. The number of carboxylic acid groups (broad SMARTS) is 1. The fourth-order valence-electron chi connectivity index (χ4n) is 3.60. The topological polar surface area (TPSA) is 77.9 Å². The first-order valence-corrected chi connectivity index (χ1v) is 9.94. The van der Waals surface area contributed by atoms with E-state index in [1.165, 1.54) is 0 Å². The molecule has 1 aromatic carbocycles. The van der Waals surface area contributed by atoms with Crippen LogP contribution in [0.15, 0.2) is 24.3 Å². The lowest BCUT2D eigenvalue weighted by molar-refractivity contribution is 0.0696. The predicted octanol–water partition coefficient (Wildman–Crippen LogP) is 1.98. The van der Waals surface area contributed by atoms with Gasteiger partial charge >= 0.3 is 5.97 Å². The third kappa shape index (κ3) is 3.79. The third-order valence-electron chi connectivity index (χ3n) is 4.91. The summed E-state index contributed by atoms with van der Waals surface area (Å²) in [6.45, 7) is 2.34. The summed E-state index contributed by atoms with van der Waals surface area (Å²) in [5.41, 5.74) is 1.24. The van der Waals surface area contributed by atoms with Crippen LogP contribution in [-0.4, -0.2) is 54.3 Å². The zero-order valence-corrected chi connectivity index (χ0v) is 14.5. The van der Waals surface area contributed by atoms with Crippen LogP contribution < -0.4 is 0 Å². The van der Waals surface area contributed by atoms with Gasteiger partial charge in [0.2, 0.25) is 0 Å². The second-order valence-electron chi connectivity index (χ2n) is 6.69. The van der Waals surface area contributed by atoms with E-state index in [2.05, 4.69) is 0 Å². The second kappa shape index (κ2) is 7.21. The van der Waals surface area contributed by atoms with Gasteiger partial charge in [-0.2, -0.15) is 17.0 Å². The molecule has 2 fully saturated rings. The highest BCUT2D eigenvalue weighted by atomic mass is 32.2. The highest BCUT2D eigenvalue weighted by molar-refractivity contribution is 7.86. The molecule has 0 radical (unpaired) electrons. The molecule has 0 spiro atoms. The lowest BCUT2D eigenvalue weighted by atomic mass is 9.97. The summed E-state index contributed by atoms with van der Waals surface area (Å²) in [4.78, 5) is 11.1. The number of hydrogen-bond donors (Lipinski definition) is 1. The molecule has 1 N–H and O–H groups in total. The number of carbonyl (C=O) groups is 1. The molecule has 0 unspecified atom stereocenters. The number of rotatable bonds is 5. The van der Waals surface area contributed by atoms with E-state index < -0.39 is 16.2 Å². The molecular weight excluding hydrogens is 328 g/mol. The lowest BCUT2D eigenvalue weighted by Crippen LogP contribution is -2.45. The maximum Gasteiger partial charge on any atom is 0.335 e. The molecule has 2 aliphatic heterocycles. The van der Waals surface area contributed by atoms with Crippen molar-refractivity contribution in [3.8, 4) is 0 Å². The van der Waals surface area contributed by atoms with Crippen LogP contribution in [0.1, 0.15) is 41.6 Å². The molecule has 7 heteroatoms. The monoisotopic (exact) mass is 352 g/mol. The van der Waals surface area contributed by atoms with Gasteiger partial charge in [0.25, 0.3) is 10.2 Å². The number of nitrogens with zero attached hydrogens (tertiary/aromatic N) is 2. The van der Waals surface area contributed by atoms with E-state index in [1.807, 2.05) is 6.07 Å². The minimum absolute atomic E-state index is 0.244. The number of carboxylic acids is 1. The summed E-state index contributed by atoms with van der Waals surface area (Å²) in [5.74, 6) is -0.689. The van der Waals surface area contributed by atoms with Crippen molar-refractivity contribution in [3.05, 3.63) is 35.4 Å². The average molecular weight is 352 g/mol. The van der Waals surface area contributed by atoms with Gasteiger partial charge in [-0.3, -0.25) is 0 Å². The fraction of sp³-hybridized carbons (Fsp3) is 0.588. The molecule has 3 rings (SSSR count). The van der Waals surface area contributed by atoms with Gasteiger partial charge in [-0.25, -0.2) is 4.79 Å². The molecule has 0 amide bonds. The molecule has 6 nitrogen and oxygen atoms in total. The van der Waals surface area contributed by atoms with Gasteiger partial charge in [0.15, 0.2) is 0 Å². The Balaban J connectivity index is 1.63. The van der Waals surface area contributed by atoms with E-state index in [-0.39, 0.29) is 11.5 Å². The average Bonchev–Trinajstić information content (AvgIpc) is 3.05. The summed E-state index contributed by atoms with van der Waals surface area (Å²) >= 11 is 0. The Morgan fingerprint density at radius 2 is 1.88 bits per heavy atom. The van der Waals surface area contributed by atoms with Crippen LogP contribution in [0.25, 0.3) is 0 Å². The highest BCUT2D eigenvalue weighted by Crippen LogP contribution is 2.26. The number of aromatic carboxylic acids is 1. The molecule has 2 saturated heterocycles. The van der Waals surface area contributed by atoms with Crippen LogP contribution in [-0.2, 0) is 16.6 Å². The van der Waals surface area contributed by atoms with E-state index in [9.17, 15) is 13.2 Å². The smallest absolute Gasteiger partial charge is 0.335 e. The van der Waals surface area contributed by atoms with Crippen molar-refractivity contribution in [3.63, 3.8) is 0 Å². The van der Waals surface area contributed by atoms with Gasteiger partial charge < -0.3 is 5.11 Å². The Bertz CT molecular complexity index is 698. The zero-order chi connectivity index (χ0) is 17.2. The van der Waals surface area contributed by atoms with Gasteiger partial charge in [0, 0.05) is 26.2 Å². The van der Waals surface area contributed by atoms with Crippen molar-refractivity contribution in [2.75, 3.05) is 26.2 Å². The molecule has 24 heavy (non-hydrogen) atoms. The van der Waals surface area contributed by atoms with Crippen molar-refractivity contribution >= 4 is 16.2 Å². The Hall–Kier alpha value is -1.44. The van der Waals surface area contributed by atoms with Crippen LogP contribution in [0.2, 0.25) is 0 Å². The van der Waals surface area contributed by atoms with Crippen molar-refractivity contribution in [1.29, 1.82) is 0 Å². The summed E-state index contributed by atoms with van der Waals surface area (Å²) in [5, 5.41) is 9.07. The maximum absolute atomic E-state index is 12.7. The number of piperidine rings is 1. The third-order valence-corrected chi connectivity index (χ3v) is 6.92. The van der Waals surface area contributed by atoms with Crippen LogP contribution in [0.5, 0.6) is 0 Å². The molecule has 2 heterocycles. The van der Waals surface area contributed by atoms with E-state index in [0.29, 0.717) is 32.6 Å². The van der Waals surface area contributed by atoms with Crippen molar-refractivity contribution < 1.29 is 18.3 Å². The van der Waals surface area contributed by atoms with Gasteiger partial charge in [-0.1, -0.05) is 18.6 Å². The highest BCUT2D eigenvalue weighted by Gasteiger charge is 2.35. The molecule has 0 bridgehead atoms. The Kier molecular flexibility index (Phi) is 5.22. The van der Waals surface area contributed by atoms with Crippen molar-refractivity contribution in [2.45, 2.75) is 32.1 Å². The molecule has 1 atom stereocenters. The SMILES string of the molecule is O=C(O)c1cccc(C[C@@H]2CCN(S(=O)(=O)N3CCCCC3)C2)c1. The summed E-state index contributed by atoms with van der Waals surface area (Å²) in [6.07, 6.45) is 4.53. The Morgan fingerprint density at radius 1 is 1.12 bits per heavy atom. The quantitative estimate of drug-likeness (QED) is 0.879. The van der Waals surface area contributed by atoms with Crippen LogP contribution in [0.4, 0.5) is 0 Å². The first kappa shape index (κ1) is 17.4.